The van der Waals surface area contributed by atoms with Gasteiger partial charge in [-0.25, -0.2) is 9.79 Å². The van der Waals surface area contributed by atoms with Gasteiger partial charge in [0.15, 0.2) is 0 Å². The van der Waals surface area contributed by atoms with Gasteiger partial charge in [-0.1, -0.05) is 11.6 Å². The number of nitrogens with zero attached hydrogens (tertiary/aromatic N) is 1. The van der Waals surface area contributed by atoms with Gasteiger partial charge in [-0.2, -0.15) is 0 Å². The number of benzene rings is 1. The Morgan fingerprint density at radius 3 is 2.67 bits per heavy atom. The lowest BCUT2D eigenvalue weighted by Crippen LogP contribution is -2.33. The molecule has 0 spiro atoms. The lowest BCUT2D eigenvalue weighted by atomic mass is 10.1. The molecule has 1 heterocycles. The maximum atomic E-state index is 11.3. The first-order valence-corrected chi connectivity index (χ1v) is 4.59. The summed E-state index contributed by atoms with van der Waals surface area (Å²) in [6.07, 6.45) is 1.54. The van der Waals surface area contributed by atoms with Crippen molar-refractivity contribution in [3.63, 3.8) is 0 Å². The maximum Gasteiger partial charge on any atom is 0.288 e. The summed E-state index contributed by atoms with van der Waals surface area (Å²) < 4.78 is 0. The van der Waals surface area contributed by atoms with Gasteiger partial charge in [-0.15, -0.1) is 0 Å². The molecule has 0 saturated carbocycles. The second-order valence-corrected chi connectivity index (χ2v) is 3.60. The first kappa shape index (κ1) is 9.56. The molecule has 0 unspecified atom stereocenters. The fraction of sp³-hybridized carbons (Fsp3) is 0.167. The number of hydrogen-bond donors (Lipinski definition) is 0. The van der Waals surface area contributed by atoms with Crippen molar-refractivity contribution in [3.8, 4) is 0 Å². The molecule has 0 fully saturated rings. The Morgan fingerprint density at radius 1 is 1.27 bits per heavy atom. The van der Waals surface area contributed by atoms with Gasteiger partial charge >= 0.3 is 0 Å². The van der Waals surface area contributed by atoms with Gasteiger partial charge in [0.05, 0.1) is 5.36 Å². The Morgan fingerprint density at radius 2 is 2.00 bits per heavy atom. The fourth-order valence-corrected chi connectivity index (χ4v) is 1.71. The molecule has 74 valence electrons. The van der Waals surface area contributed by atoms with E-state index in [-0.39, 0.29) is 5.57 Å². The van der Waals surface area contributed by atoms with Crippen molar-refractivity contribution in [3.05, 3.63) is 39.4 Å². The van der Waals surface area contributed by atoms with E-state index in [1.165, 1.54) is 6.08 Å². The van der Waals surface area contributed by atoms with Crippen LogP contribution in [0.15, 0.2) is 22.7 Å². The Hall–Kier alpha value is -1.99. The van der Waals surface area contributed by atoms with Crippen molar-refractivity contribution in [2.24, 2.45) is 4.99 Å². The van der Waals surface area contributed by atoms with Crippen LogP contribution in [-0.2, 0) is 9.59 Å². The van der Waals surface area contributed by atoms with E-state index in [1.54, 1.807) is 5.94 Å². The van der Waals surface area contributed by atoms with Gasteiger partial charge in [-0.05, 0) is 31.6 Å². The highest BCUT2D eigenvalue weighted by molar-refractivity contribution is 6.09. The zero-order valence-corrected chi connectivity index (χ0v) is 8.50. The van der Waals surface area contributed by atoms with Gasteiger partial charge in [0, 0.05) is 5.22 Å². The normalized spacial score (nSPS) is 13.7. The predicted molar refractivity (Wildman–Crippen MR) is 55.4 cm³/mol. The summed E-state index contributed by atoms with van der Waals surface area (Å²) in [5, 5.41) is 1.47. The largest absolute Gasteiger partial charge is 0.288 e. The maximum absolute atomic E-state index is 11.3. The zero-order valence-electron chi connectivity index (χ0n) is 8.50. The van der Waals surface area contributed by atoms with Crippen LogP contribution in [0, 0.1) is 13.8 Å². The summed E-state index contributed by atoms with van der Waals surface area (Å²) in [6.45, 7) is 3.86. The van der Waals surface area contributed by atoms with Gasteiger partial charge in [0.2, 0.25) is 0 Å². The van der Waals surface area contributed by atoms with E-state index < -0.39 is 5.91 Å². The molecule has 0 N–H and O–H groups in total. The number of fused-ring (bicyclic) bond motifs is 1. The van der Waals surface area contributed by atoms with Gasteiger partial charge in [0.25, 0.3) is 5.91 Å². The number of rotatable bonds is 0. The van der Waals surface area contributed by atoms with Crippen LogP contribution in [0.2, 0.25) is 0 Å². The number of carbonyl (C=O) groups excluding carboxylic acids is 2. The number of amides is 1. The molecule has 0 radical (unpaired) electrons. The van der Waals surface area contributed by atoms with Crippen LogP contribution in [0.3, 0.4) is 0 Å². The third kappa shape index (κ3) is 1.53. The van der Waals surface area contributed by atoms with E-state index >= 15 is 0 Å². The first-order chi connectivity index (χ1) is 7.11. The predicted octanol–water partition coefficient (Wildman–Crippen LogP) is 0.00174. The molecule has 0 bridgehead atoms. The van der Waals surface area contributed by atoms with Crippen molar-refractivity contribution in [1.29, 1.82) is 0 Å². The van der Waals surface area contributed by atoms with E-state index in [9.17, 15) is 9.59 Å². The van der Waals surface area contributed by atoms with E-state index in [0.717, 1.165) is 16.3 Å². The summed E-state index contributed by atoms with van der Waals surface area (Å²) in [5.74, 6) is 1.09. The molecule has 15 heavy (non-hydrogen) atoms. The second-order valence-electron chi connectivity index (χ2n) is 3.60. The average molecular weight is 199 g/mol. The van der Waals surface area contributed by atoms with Gasteiger partial charge in [0.1, 0.15) is 11.5 Å². The molecular formula is C12H9NO2. The monoisotopic (exact) mass is 199 g/mol. The first-order valence-electron chi connectivity index (χ1n) is 4.59. The summed E-state index contributed by atoms with van der Waals surface area (Å²) in [7, 11) is 0. The van der Waals surface area contributed by atoms with Crippen molar-refractivity contribution in [2.45, 2.75) is 13.8 Å². The molecule has 0 aliphatic carbocycles. The molecule has 3 heteroatoms. The smallest absolute Gasteiger partial charge is 0.266 e. The number of hydrogen-bond acceptors (Lipinski definition) is 2. The van der Waals surface area contributed by atoms with Gasteiger partial charge < -0.3 is 0 Å². The Labute approximate surface area is 86.5 Å². The Bertz CT molecular complexity index is 620. The summed E-state index contributed by atoms with van der Waals surface area (Å²) in [5.41, 5.74) is 2.02. The summed E-state index contributed by atoms with van der Waals surface area (Å²) >= 11 is 0. The van der Waals surface area contributed by atoms with Crippen LogP contribution in [-0.4, -0.2) is 11.8 Å². The quantitative estimate of drug-likeness (QED) is 0.436. The highest BCUT2D eigenvalue weighted by Crippen LogP contribution is 2.00. The van der Waals surface area contributed by atoms with E-state index in [4.69, 9.17) is 0 Å². The summed E-state index contributed by atoms with van der Waals surface area (Å²) in [4.78, 5) is 25.7. The van der Waals surface area contributed by atoms with Crippen LogP contribution in [0.4, 0.5) is 0 Å². The molecular weight excluding hydrogens is 190 g/mol. The third-order valence-corrected chi connectivity index (χ3v) is 2.33. The molecule has 3 nitrogen and oxygen atoms in total. The molecule has 0 atom stereocenters. The minimum atomic E-state index is -0.510. The van der Waals surface area contributed by atoms with Crippen molar-refractivity contribution < 1.29 is 9.59 Å². The minimum absolute atomic E-state index is 0.00694. The lowest BCUT2D eigenvalue weighted by molar-refractivity contribution is -0.114. The molecule has 0 aromatic heterocycles. The third-order valence-electron chi connectivity index (χ3n) is 2.33. The molecule has 1 aromatic rings. The van der Waals surface area contributed by atoms with Crippen LogP contribution in [0.5, 0.6) is 0 Å². The van der Waals surface area contributed by atoms with Gasteiger partial charge in [-0.3, -0.25) is 4.79 Å². The Kier molecular flexibility index (Phi) is 2.10. The number of aryl methyl sites for hydroxylation is 2. The lowest BCUT2D eigenvalue weighted by Gasteiger charge is -2.03. The fourth-order valence-electron chi connectivity index (χ4n) is 1.71. The van der Waals surface area contributed by atoms with Crippen LogP contribution >= 0.6 is 0 Å². The second kappa shape index (κ2) is 3.30. The summed E-state index contributed by atoms with van der Waals surface area (Å²) in [6, 6.07) is 3.86. The van der Waals surface area contributed by atoms with Crippen molar-refractivity contribution in [2.75, 3.05) is 0 Å². The van der Waals surface area contributed by atoms with Crippen molar-refractivity contribution in [1.82, 2.24) is 0 Å². The van der Waals surface area contributed by atoms with Crippen LogP contribution < -0.4 is 10.6 Å². The zero-order chi connectivity index (χ0) is 11.0. The molecule has 1 aliphatic rings. The van der Waals surface area contributed by atoms with E-state index in [1.807, 2.05) is 26.0 Å². The minimum Gasteiger partial charge on any atom is -0.266 e. The molecule has 1 amide bonds. The topological polar surface area (TPSA) is 46.5 Å². The van der Waals surface area contributed by atoms with Crippen LogP contribution in [0.1, 0.15) is 11.1 Å². The van der Waals surface area contributed by atoms with E-state index in [2.05, 4.69) is 4.99 Å². The van der Waals surface area contributed by atoms with E-state index in [0.29, 0.717) is 5.36 Å². The SMILES string of the molecule is Cc1cc(C)c2c(c1)=CC(=C=O)C(=O)N=2. The molecule has 1 aromatic carbocycles. The average Bonchev–Trinajstić information content (AvgIpc) is 2.18. The Balaban J connectivity index is 2.94. The van der Waals surface area contributed by atoms with Crippen LogP contribution in [0.25, 0.3) is 6.08 Å². The molecule has 2 rings (SSSR count). The molecule has 1 aliphatic heterocycles. The van der Waals surface area contributed by atoms with Crippen molar-refractivity contribution >= 4 is 17.9 Å². The molecule has 0 saturated heterocycles. The highest BCUT2D eigenvalue weighted by Gasteiger charge is 2.12. The highest BCUT2D eigenvalue weighted by atomic mass is 16.2. The number of carbonyl (C=O) groups is 1. The standard InChI is InChI=1S/C12H9NO2/c1-7-3-8(2)11-9(4-7)5-10(6-14)12(15)13-11/h3-5H,1-2H3.